The summed E-state index contributed by atoms with van der Waals surface area (Å²) in [5, 5.41) is 0. The van der Waals surface area contributed by atoms with E-state index in [1.807, 2.05) is 55.5 Å². The molecule has 0 saturated heterocycles. The highest BCUT2D eigenvalue weighted by Crippen LogP contribution is 2.24. The Hall–Kier alpha value is -1.41. The van der Waals surface area contributed by atoms with Gasteiger partial charge in [0, 0.05) is 4.47 Å². The lowest BCUT2D eigenvalue weighted by atomic mass is 9.92. The zero-order valence-corrected chi connectivity index (χ0v) is 11.1. The Morgan fingerprint density at radius 1 is 0.941 bits per heavy atom. The Labute approximate surface area is 110 Å². The molecular formula is C15H13BrO. The van der Waals surface area contributed by atoms with Gasteiger partial charge >= 0.3 is 0 Å². The van der Waals surface area contributed by atoms with Gasteiger partial charge < -0.3 is 4.79 Å². The van der Waals surface area contributed by atoms with Crippen molar-refractivity contribution in [2.45, 2.75) is 12.8 Å². The van der Waals surface area contributed by atoms with Crippen molar-refractivity contribution in [3.05, 3.63) is 69.7 Å². The molecule has 1 nitrogen and oxygen atoms in total. The molecule has 86 valence electrons. The summed E-state index contributed by atoms with van der Waals surface area (Å²) in [5.41, 5.74) is 3.26. The van der Waals surface area contributed by atoms with E-state index in [4.69, 9.17) is 0 Å². The molecule has 0 amide bonds. The minimum Gasteiger partial charge on any atom is -0.302 e. The zero-order chi connectivity index (χ0) is 12.3. The SMILES string of the molecule is Cc1ccc(C(C=O)c2ccc(Br)cc2)cc1. The van der Waals surface area contributed by atoms with Crippen LogP contribution in [0, 0.1) is 6.92 Å². The molecule has 0 fully saturated rings. The second-order valence-corrected chi connectivity index (χ2v) is 4.99. The summed E-state index contributed by atoms with van der Waals surface area (Å²) in [6.45, 7) is 2.04. The lowest BCUT2D eigenvalue weighted by molar-refractivity contribution is -0.108. The van der Waals surface area contributed by atoms with Crippen molar-refractivity contribution in [3.63, 3.8) is 0 Å². The van der Waals surface area contributed by atoms with Gasteiger partial charge in [-0.1, -0.05) is 57.9 Å². The highest BCUT2D eigenvalue weighted by atomic mass is 79.9. The molecule has 0 heterocycles. The average Bonchev–Trinajstić information content (AvgIpc) is 2.35. The molecule has 0 aliphatic carbocycles. The van der Waals surface area contributed by atoms with Crippen LogP contribution in [0.25, 0.3) is 0 Å². The number of aldehydes is 1. The maximum absolute atomic E-state index is 11.3. The lowest BCUT2D eigenvalue weighted by Gasteiger charge is -2.11. The molecular weight excluding hydrogens is 276 g/mol. The average molecular weight is 289 g/mol. The summed E-state index contributed by atoms with van der Waals surface area (Å²) in [5.74, 6) is -0.177. The minimum absolute atomic E-state index is 0.177. The predicted molar refractivity (Wildman–Crippen MR) is 73.2 cm³/mol. The monoisotopic (exact) mass is 288 g/mol. The molecule has 2 aromatic rings. The van der Waals surface area contributed by atoms with Crippen LogP contribution in [-0.4, -0.2) is 6.29 Å². The van der Waals surface area contributed by atoms with Gasteiger partial charge in [-0.15, -0.1) is 0 Å². The Morgan fingerprint density at radius 3 is 1.88 bits per heavy atom. The van der Waals surface area contributed by atoms with E-state index in [9.17, 15) is 4.79 Å². The third-order valence-corrected chi connectivity index (χ3v) is 3.33. The number of carbonyl (C=O) groups excluding carboxylic acids is 1. The van der Waals surface area contributed by atoms with Gasteiger partial charge in [0.05, 0.1) is 5.92 Å². The van der Waals surface area contributed by atoms with Crippen LogP contribution in [0.3, 0.4) is 0 Å². The van der Waals surface area contributed by atoms with E-state index in [0.29, 0.717) is 0 Å². The topological polar surface area (TPSA) is 17.1 Å². The van der Waals surface area contributed by atoms with Crippen LogP contribution < -0.4 is 0 Å². The standard InChI is InChI=1S/C15H13BrO/c1-11-2-4-12(5-3-11)15(10-17)13-6-8-14(16)9-7-13/h2-10,15H,1H3. The third kappa shape index (κ3) is 2.83. The summed E-state index contributed by atoms with van der Waals surface area (Å²) >= 11 is 3.39. The molecule has 0 radical (unpaired) electrons. The minimum atomic E-state index is -0.177. The van der Waals surface area contributed by atoms with Gasteiger partial charge in [0.2, 0.25) is 0 Å². The molecule has 2 heteroatoms. The Balaban J connectivity index is 2.36. The van der Waals surface area contributed by atoms with Crippen molar-refractivity contribution in [2.75, 3.05) is 0 Å². The molecule has 0 bridgehead atoms. The van der Waals surface area contributed by atoms with E-state index in [0.717, 1.165) is 21.9 Å². The smallest absolute Gasteiger partial charge is 0.131 e. The first-order chi connectivity index (χ1) is 8.20. The molecule has 0 spiro atoms. The van der Waals surface area contributed by atoms with Crippen molar-refractivity contribution >= 4 is 22.2 Å². The fourth-order valence-electron chi connectivity index (χ4n) is 1.79. The van der Waals surface area contributed by atoms with Crippen molar-refractivity contribution in [1.82, 2.24) is 0 Å². The summed E-state index contributed by atoms with van der Waals surface area (Å²) in [6.07, 6.45) is 0.994. The van der Waals surface area contributed by atoms with Crippen molar-refractivity contribution in [3.8, 4) is 0 Å². The first-order valence-corrected chi connectivity index (χ1v) is 6.27. The molecule has 0 saturated carbocycles. The highest BCUT2D eigenvalue weighted by Gasteiger charge is 2.12. The van der Waals surface area contributed by atoms with E-state index in [1.165, 1.54) is 5.56 Å². The number of halogens is 1. The van der Waals surface area contributed by atoms with E-state index < -0.39 is 0 Å². The van der Waals surface area contributed by atoms with E-state index >= 15 is 0 Å². The number of aryl methyl sites for hydroxylation is 1. The largest absolute Gasteiger partial charge is 0.302 e. The van der Waals surface area contributed by atoms with Crippen LogP contribution in [0.2, 0.25) is 0 Å². The van der Waals surface area contributed by atoms with Crippen LogP contribution in [0.1, 0.15) is 22.6 Å². The van der Waals surface area contributed by atoms with Gasteiger partial charge in [-0.2, -0.15) is 0 Å². The number of benzene rings is 2. The fraction of sp³-hybridized carbons (Fsp3) is 0.133. The highest BCUT2D eigenvalue weighted by molar-refractivity contribution is 9.10. The van der Waals surface area contributed by atoms with Crippen LogP contribution in [0.15, 0.2) is 53.0 Å². The normalized spacial score (nSPS) is 12.1. The van der Waals surface area contributed by atoms with E-state index in [2.05, 4.69) is 15.9 Å². The number of hydrogen-bond acceptors (Lipinski definition) is 1. The summed E-state index contributed by atoms with van der Waals surface area (Å²) < 4.78 is 1.02. The first-order valence-electron chi connectivity index (χ1n) is 5.48. The zero-order valence-electron chi connectivity index (χ0n) is 9.56. The van der Waals surface area contributed by atoms with Crippen LogP contribution >= 0.6 is 15.9 Å². The first kappa shape index (κ1) is 12.1. The van der Waals surface area contributed by atoms with Crippen molar-refractivity contribution in [2.24, 2.45) is 0 Å². The molecule has 0 aromatic heterocycles. The van der Waals surface area contributed by atoms with E-state index in [-0.39, 0.29) is 5.92 Å². The fourth-order valence-corrected chi connectivity index (χ4v) is 2.06. The van der Waals surface area contributed by atoms with Gasteiger partial charge in [-0.3, -0.25) is 0 Å². The molecule has 17 heavy (non-hydrogen) atoms. The third-order valence-electron chi connectivity index (χ3n) is 2.80. The number of rotatable bonds is 3. The maximum Gasteiger partial charge on any atom is 0.131 e. The van der Waals surface area contributed by atoms with Gasteiger partial charge in [-0.05, 0) is 30.2 Å². The van der Waals surface area contributed by atoms with Crippen LogP contribution in [-0.2, 0) is 4.79 Å². The summed E-state index contributed by atoms with van der Waals surface area (Å²) in [4.78, 5) is 11.3. The quantitative estimate of drug-likeness (QED) is 0.778. The molecule has 1 unspecified atom stereocenters. The van der Waals surface area contributed by atoms with E-state index in [1.54, 1.807) is 0 Å². The second-order valence-electron chi connectivity index (χ2n) is 4.08. The molecule has 2 rings (SSSR count). The molecule has 2 aromatic carbocycles. The summed E-state index contributed by atoms with van der Waals surface area (Å²) in [7, 11) is 0. The molecule has 0 aliphatic rings. The van der Waals surface area contributed by atoms with Gasteiger partial charge in [0.15, 0.2) is 0 Å². The Kier molecular flexibility index (Phi) is 3.75. The van der Waals surface area contributed by atoms with Crippen molar-refractivity contribution in [1.29, 1.82) is 0 Å². The van der Waals surface area contributed by atoms with Crippen LogP contribution in [0.4, 0.5) is 0 Å². The van der Waals surface area contributed by atoms with Gasteiger partial charge in [-0.25, -0.2) is 0 Å². The predicted octanol–water partition coefficient (Wildman–Crippen LogP) is 4.09. The molecule has 0 aliphatic heterocycles. The maximum atomic E-state index is 11.3. The Bertz CT molecular complexity index is 454. The number of carbonyl (C=O) groups is 1. The summed E-state index contributed by atoms with van der Waals surface area (Å²) in [6, 6.07) is 16.0. The Morgan fingerprint density at radius 2 is 1.41 bits per heavy atom. The number of hydrogen-bond donors (Lipinski definition) is 0. The molecule has 0 N–H and O–H groups in total. The second kappa shape index (κ2) is 5.28. The lowest BCUT2D eigenvalue weighted by Crippen LogP contribution is -2.02. The molecule has 1 atom stereocenters. The van der Waals surface area contributed by atoms with Gasteiger partial charge in [0.1, 0.15) is 6.29 Å². The van der Waals surface area contributed by atoms with Gasteiger partial charge in [0.25, 0.3) is 0 Å². The van der Waals surface area contributed by atoms with Crippen LogP contribution in [0.5, 0.6) is 0 Å². The van der Waals surface area contributed by atoms with Crippen molar-refractivity contribution < 1.29 is 4.79 Å².